The van der Waals surface area contributed by atoms with Gasteiger partial charge in [-0.3, -0.25) is 9.69 Å². The molecule has 7 nitrogen and oxygen atoms in total. The minimum Gasteiger partial charge on any atom is -0.478 e. The zero-order valence-electron chi connectivity index (χ0n) is 16.2. The van der Waals surface area contributed by atoms with E-state index in [9.17, 15) is 29.0 Å². The van der Waals surface area contributed by atoms with E-state index < -0.39 is 23.7 Å². The smallest absolute Gasteiger partial charge is 0.335 e. The molecule has 166 valence electrons. The number of carboxylic acid groups (broad SMARTS) is 2. The average molecular weight is 504 g/mol. The Kier molecular flexibility index (Phi) is 6.07. The molecule has 33 heavy (non-hydrogen) atoms. The Morgan fingerprint density at radius 2 is 1.73 bits per heavy atom. The number of thiocarbonyl (C=S) groups is 1. The molecular weight excluding hydrogens is 493 g/mol. The fourth-order valence-electron chi connectivity index (χ4n) is 3.05. The van der Waals surface area contributed by atoms with Gasteiger partial charge in [0.1, 0.15) is 17.3 Å². The number of thioether (sulfide) groups is 1. The molecule has 0 bridgehead atoms. The molecule has 1 saturated heterocycles. The van der Waals surface area contributed by atoms with E-state index in [0.717, 1.165) is 23.9 Å². The molecule has 4 rings (SSSR count). The van der Waals surface area contributed by atoms with E-state index in [2.05, 4.69) is 0 Å². The number of halogens is 2. The van der Waals surface area contributed by atoms with Crippen LogP contribution in [0.25, 0.3) is 17.4 Å². The molecule has 0 unspecified atom stereocenters. The first-order valence-corrected chi connectivity index (χ1v) is 10.7. The van der Waals surface area contributed by atoms with Crippen LogP contribution in [0.4, 0.5) is 10.1 Å². The van der Waals surface area contributed by atoms with Gasteiger partial charge in [-0.05, 0) is 48.5 Å². The minimum absolute atomic E-state index is 0.148. The highest BCUT2D eigenvalue weighted by atomic mass is 35.5. The van der Waals surface area contributed by atoms with Gasteiger partial charge >= 0.3 is 11.9 Å². The molecule has 0 aliphatic carbocycles. The summed E-state index contributed by atoms with van der Waals surface area (Å²) in [5.41, 5.74) is 0.155. The van der Waals surface area contributed by atoms with Crippen molar-refractivity contribution in [1.82, 2.24) is 0 Å². The molecule has 11 heteroatoms. The lowest BCUT2D eigenvalue weighted by molar-refractivity contribution is -0.113. The highest BCUT2D eigenvalue weighted by Gasteiger charge is 2.34. The van der Waals surface area contributed by atoms with Gasteiger partial charge < -0.3 is 14.6 Å². The topological polar surface area (TPSA) is 108 Å². The third kappa shape index (κ3) is 4.54. The normalized spacial score (nSPS) is 14.8. The number of aromatic carboxylic acids is 2. The number of nitrogens with zero attached hydrogens (tertiary/aromatic N) is 1. The molecule has 1 fully saturated rings. The van der Waals surface area contributed by atoms with Gasteiger partial charge in [0.15, 0.2) is 4.32 Å². The number of hydrogen-bond acceptors (Lipinski definition) is 6. The average Bonchev–Trinajstić information content (AvgIpc) is 3.34. The van der Waals surface area contributed by atoms with Crippen LogP contribution < -0.4 is 4.90 Å². The molecule has 1 aromatic heterocycles. The number of amides is 1. The lowest BCUT2D eigenvalue weighted by Crippen LogP contribution is -2.27. The monoisotopic (exact) mass is 503 g/mol. The number of carbonyl (C=O) groups excluding carboxylic acids is 1. The number of carboxylic acids is 2. The highest BCUT2D eigenvalue weighted by Crippen LogP contribution is 2.37. The maximum atomic E-state index is 13.5. The number of hydrogen-bond donors (Lipinski definition) is 2. The fraction of sp³-hybridized carbons (Fsp3) is 0. The molecular formula is C22H11ClFNO6S2. The van der Waals surface area contributed by atoms with Crippen LogP contribution >= 0.6 is 35.6 Å². The largest absolute Gasteiger partial charge is 0.478 e. The van der Waals surface area contributed by atoms with Crippen molar-refractivity contribution in [2.75, 3.05) is 4.90 Å². The van der Waals surface area contributed by atoms with Crippen molar-refractivity contribution >= 4 is 69.5 Å². The maximum Gasteiger partial charge on any atom is 0.335 e. The molecule has 1 aliphatic rings. The van der Waals surface area contributed by atoms with Crippen molar-refractivity contribution in [3.63, 3.8) is 0 Å². The van der Waals surface area contributed by atoms with Gasteiger partial charge in [0.05, 0.1) is 26.7 Å². The summed E-state index contributed by atoms with van der Waals surface area (Å²) in [6.07, 6.45) is 1.45. The maximum absolute atomic E-state index is 13.5. The van der Waals surface area contributed by atoms with Crippen LogP contribution in [-0.4, -0.2) is 32.4 Å². The molecule has 3 aromatic rings. The first kappa shape index (κ1) is 22.7. The number of rotatable bonds is 5. The molecule has 2 aromatic carbocycles. The number of anilines is 1. The predicted octanol–water partition coefficient (Wildman–Crippen LogP) is 5.54. The summed E-state index contributed by atoms with van der Waals surface area (Å²) in [6, 6.07) is 10.5. The van der Waals surface area contributed by atoms with E-state index in [4.69, 9.17) is 28.2 Å². The second-order valence-corrected chi connectivity index (χ2v) is 8.81. The number of carbonyl (C=O) groups is 3. The molecule has 1 amide bonds. The van der Waals surface area contributed by atoms with Gasteiger partial charge in [0.25, 0.3) is 5.91 Å². The van der Waals surface area contributed by atoms with Crippen LogP contribution in [0.15, 0.2) is 57.9 Å². The van der Waals surface area contributed by atoms with Gasteiger partial charge in [-0.2, -0.15) is 0 Å². The lowest BCUT2D eigenvalue weighted by Gasteiger charge is -2.14. The van der Waals surface area contributed by atoms with E-state index in [0.29, 0.717) is 5.69 Å². The molecule has 0 radical (unpaired) electrons. The Morgan fingerprint density at radius 1 is 1.06 bits per heavy atom. The fourth-order valence-corrected chi connectivity index (χ4v) is 4.50. The van der Waals surface area contributed by atoms with Gasteiger partial charge in [0.2, 0.25) is 0 Å². The van der Waals surface area contributed by atoms with E-state index >= 15 is 0 Å². The van der Waals surface area contributed by atoms with Crippen molar-refractivity contribution in [3.8, 4) is 11.3 Å². The second kappa shape index (κ2) is 8.81. The zero-order chi connectivity index (χ0) is 23.9. The zero-order valence-corrected chi connectivity index (χ0v) is 18.6. The van der Waals surface area contributed by atoms with E-state index in [1.807, 2.05) is 0 Å². The summed E-state index contributed by atoms with van der Waals surface area (Å²) < 4.78 is 19.4. The van der Waals surface area contributed by atoms with E-state index in [-0.39, 0.29) is 42.5 Å². The van der Waals surface area contributed by atoms with Crippen molar-refractivity contribution in [1.29, 1.82) is 0 Å². The summed E-state index contributed by atoms with van der Waals surface area (Å²) >= 11 is 12.1. The summed E-state index contributed by atoms with van der Waals surface area (Å²) in [7, 11) is 0. The van der Waals surface area contributed by atoms with Crippen molar-refractivity contribution in [2.45, 2.75) is 0 Å². The van der Waals surface area contributed by atoms with Crippen LogP contribution in [0.1, 0.15) is 26.5 Å². The van der Waals surface area contributed by atoms with Gasteiger partial charge in [-0.25, -0.2) is 14.0 Å². The highest BCUT2D eigenvalue weighted by molar-refractivity contribution is 8.27. The minimum atomic E-state index is -1.28. The lowest BCUT2D eigenvalue weighted by atomic mass is 10.0. The standard InChI is InChI=1S/C22H11ClFNO6S2/c23-15-8-13(1-3-16(15)24)25-19(26)18(33-22(25)32)9-14-2-4-17(31-14)10-5-11(20(27)28)7-12(6-10)21(29)30/h1-9H,(H,27,28)(H,29,30)/b18-9+. The van der Waals surface area contributed by atoms with Gasteiger partial charge in [-0.15, -0.1) is 0 Å². The van der Waals surface area contributed by atoms with E-state index in [1.54, 1.807) is 6.07 Å². The SMILES string of the molecule is O=C(O)c1cc(C(=O)O)cc(-c2ccc(/C=C3/SC(=S)N(c4ccc(F)c(Cl)c4)C3=O)o2)c1. The Hall–Kier alpha value is -3.47. The van der Waals surface area contributed by atoms with Crippen LogP contribution in [0.3, 0.4) is 0 Å². The predicted molar refractivity (Wildman–Crippen MR) is 125 cm³/mol. The molecule has 0 atom stereocenters. The Labute approximate surface area is 200 Å². The third-order valence-corrected chi connectivity index (χ3v) is 6.16. The first-order chi connectivity index (χ1) is 15.6. The van der Waals surface area contributed by atoms with Crippen molar-refractivity contribution in [2.24, 2.45) is 0 Å². The van der Waals surface area contributed by atoms with Crippen molar-refractivity contribution in [3.05, 3.63) is 81.2 Å². The number of furan rings is 1. The second-order valence-electron chi connectivity index (χ2n) is 6.73. The summed E-state index contributed by atoms with van der Waals surface area (Å²) in [4.78, 5) is 37.0. The summed E-state index contributed by atoms with van der Waals surface area (Å²) in [5.74, 6) is -3.16. The summed E-state index contributed by atoms with van der Waals surface area (Å²) in [5, 5.41) is 18.3. The molecule has 1 aliphatic heterocycles. The quantitative estimate of drug-likeness (QED) is 0.345. The van der Waals surface area contributed by atoms with Crippen LogP contribution in [0.2, 0.25) is 5.02 Å². The Morgan fingerprint density at radius 3 is 2.33 bits per heavy atom. The van der Waals surface area contributed by atoms with Crippen LogP contribution in [0.5, 0.6) is 0 Å². The van der Waals surface area contributed by atoms with Gasteiger partial charge in [-0.1, -0.05) is 35.6 Å². The summed E-state index contributed by atoms with van der Waals surface area (Å²) in [6.45, 7) is 0. The first-order valence-electron chi connectivity index (χ1n) is 9.09. The molecule has 0 spiro atoms. The Bertz CT molecular complexity index is 1350. The molecule has 0 saturated carbocycles. The van der Waals surface area contributed by atoms with Crippen LogP contribution in [-0.2, 0) is 4.79 Å². The molecule has 2 heterocycles. The molecule has 2 N–H and O–H groups in total. The van der Waals surface area contributed by atoms with E-state index in [1.165, 1.54) is 41.3 Å². The van der Waals surface area contributed by atoms with Gasteiger partial charge in [0, 0.05) is 11.6 Å². The van der Waals surface area contributed by atoms with Crippen molar-refractivity contribution < 1.29 is 33.4 Å². The number of benzene rings is 2. The van der Waals surface area contributed by atoms with Crippen LogP contribution in [0, 0.1) is 5.82 Å². The third-order valence-electron chi connectivity index (χ3n) is 4.57. The Balaban J connectivity index is 1.65.